The van der Waals surface area contributed by atoms with E-state index in [4.69, 9.17) is 9.90 Å². The zero-order valence-electron chi connectivity index (χ0n) is 18.4. The Morgan fingerprint density at radius 2 is 1.67 bits per heavy atom. The van der Waals surface area contributed by atoms with Crippen LogP contribution in [0, 0.1) is 11.6 Å². The fourth-order valence-corrected chi connectivity index (χ4v) is 4.16. The summed E-state index contributed by atoms with van der Waals surface area (Å²) < 4.78 is 98.9. The molecule has 2 aliphatic heterocycles. The summed E-state index contributed by atoms with van der Waals surface area (Å²) in [4.78, 5) is 23.3. The Morgan fingerprint density at radius 3 is 2.22 bits per heavy atom. The number of likely N-dealkylation sites (tertiary alicyclic amines) is 1. The first-order valence-electron chi connectivity index (χ1n) is 10.6. The molecule has 3 N–H and O–H groups in total. The molecule has 0 aliphatic carbocycles. The van der Waals surface area contributed by atoms with E-state index in [2.05, 4.69) is 15.5 Å². The number of fused-ring (bicyclic) bond motifs is 1. The predicted molar refractivity (Wildman–Crippen MR) is 107 cm³/mol. The number of H-pyrrole nitrogens is 1. The number of nitrogens with zero attached hydrogens (tertiary/aromatic N) is 2. The average Bonchev–Trinajstić information content (AvgIpc) is 3.23. The molecule has 0 bridgehead atoms. The number of carbonyl (C=O) groups is 2. The molecule has 1 fully saturated rings. The lowest BCUT2D eigenvalue weighted by Crippen LogP contribution is -2.39. The maximum atomic E-state index is 13.9. The normalized spacial score (nSPS) is 16.7. The molecule has 7 nitrogen and oxygen atoms in total. The van der Waals surface area contributed by atoms with Gasteiger partial charge in [-0.2, -0.15) is 31.4 Å². The number of aromatic nitrogens is 2. The number of carbonyl (C=O) groups excluding carboxylic acids is 1. The van der Waals surface area contributed by atoms with Crippen molar-refractivity contribution in [1.82, 2.24) is 20.4 Å². The van der Waals surface area contributed by atoms with Crippen molar-refractivity contribution in [3.05, 3.63) is 51.8 Å². The van der Waals surface area contributed by atoms with Gasteiger partial charge in [-0.25, -0.2) is 13.6 Å². The second kappa shape index (κ2) is 10.4. The van der Waals surface area contributed by atoms with E-state index in [0.717, 1.165) is 29.9 Å². The zero-order valence-corrected chi connectivity index (χ0v) is 18.4. The molecule has 0 spiro atoms. The van der Waals surface area contributed by atoms with Crippen molar-refractivity contribution in [1.29, 1.82) is 0 Å². The molecule has 15 heteroatoms. The molecule has 1 aromatic heterocycles. The van der Waals surface area contributed by atoms with Crippen molar-refractivity contribution >= 4 is 11.9 Å². The van der Waals surface area contributed by atoms with Gasteiger partial charge in [-0.1, -0.05) is 6.07 Å². The van der Waals surface area contributed by atoms with E-state index >= 15 is 0 Å². The summed E-state index contributed by atoms with van der Waals surface area (Å²) in [5, 5.41) is 17.3. The van der Waals surface area contributed by atoms with Gasteiger partial charge in [0.1, 0.15) is 0 Å². The SMILES string of the molecule is O=C(O)C(F)(F)F.O=C(c1n[nH]c2c1CCNC2)N1CCC(c2ccc(F)c(F)c2C(F)(F)F)CC1. The van der Waals surface area contributed by atoms with Gasteiger partial charge in [-0.15, -0.1) is 0 Å². The number of halogens is 8. The fourth-order valence-electron chi connectivity index (χ4n) is 4.16. The minimum Gasteiger partial charge on any atom is -0.475 e. The first kappa shape index (κ1) is 27.4. The van der Waals surface area contributed by atoms with Gasteiger partial charge in [-0.05, 0) is 43.4 Å². The summed E-state index contributed by atoms with van der Waals surface area (Å²) in [6.07, 6.45) is -8.94. The van der Waals surface area contributed by atoms with E-state index < -0.39 is 41.4 Å². The van der Waals surface area contributed by atoms with E-state index in [1.54, 1.807) is 4.90 Å². The molecular weight excluding hydrogens is 508 g/mol. The van der Waals surface area contributed by atoms with E-state index in [-0.39, 0.29) is 37.4 Å². The highest BCUT2D eigenvalue weighted by molar-refractivity contribution is 5.94. The number of rotatable bonds is 2. The van der Waals surface area contributed by atoms with Crippen molar-refractivity contribution in [3.8, 4) is 0 Å². The maximum Gasteiger partial charge on any atom is 0.490 e. The molecule has 1 saturated heterocycles. The zero-order chi connectivity index (χ0) is 26.8. The Morgan fingerprint density at radius 1 is 1.06 bits per heavy atom. The first-order chi connectivity index (χ1) is 16.7. The highest BCUT2D eigenvalue weighted by Gasteiger charge is 2.41. The van der Waals surface area contributed by atoms with Crippen LogP contribution in [0.15, 0.2) is 12.1 Å². The Kier molecular flexibility index (Phi) is 7.91. The van der Waals surface area contributed by atoms with Crippen molar-refractivity contribution in [2.45, 2.75) is 44.1 Å². The number of nitrogens with one attached hydrogen (secondary N) is 2. The van der Waals surface area contributed by atoms with Crippen molar-refractivity contribution in [2.75, 3.05) is 19.6 Å². The second-order valence-corrected chi connectivity index (χ2v) is 8.15. The molecule has 198 valence electrons. The number of piperidine rings is 1. The summed E-state index contributed by atoms with van der Waals surface area (Å²) in [7, 11) is 0. The third-order valence-corrected chi connectivity index (χ3v) is 5.88. The number of carboxylic acid groups (broad SMARTS) is 1. The van der Waals surface area contributed by atoms with E-state index in [1.165, 1.54) is 0 Å². The van der Waals surface area contributed by atoms with Crippen LogP contribution in [0.2, 0.25) is 0 Å². The molecule has 2 aromatic rings. The highest BCUT2D eigenvalue weighted by Crippen LogP contribution is 2.41. The minimum atomic E-state index is -5.08. The number of aliphatic carboxylic acids is 1. The lowest BCUT2D eigenvalue weighted by Gasteiger charge is -2.33. The van der Waals surface area contributed by atoms with Gasteiger partial charge < -0.3 is 15.3 Å². The van der Waals surface area contributed by atoms with Crippen LogP contribution in [0.25, 0.3) is 0 Å². The van der Waals surface area contributed by atoms with Gasteiger partial charge in [0.05, 0.1) is 11.3 Å². The number of alkyl halides is 6. The van der Waals surface area contributed by atoms with Crippen LogP contribution in [0.4, 0.5) is 35.1 Å². The number of hydrogen-bond donors (Lipinski definition) is 3. The molecule has 2 aliphatic rings. The number of benzene rings is 1. The Hall–Kier alpha value is -3.23. The van der Waals surface area contributed by atoms with Crippen LogP contribution in [-0.2, 0) is 23.9 Å². The number of carboxylic acids is 1. The summed E-state index contributed by atoms with van der Waals surface area (Å²) in [5.41, 5.74) is 0.286. The lowest BCUT2D eigenvalue weighted by molar-refractivity contribution is -0.192. The minimum absolute atomic E-state index is 0.222. The predicted octanol–water partition coefficient (Wildman–Crippen LogP) is 4.01. The molecule has 1 aromatic carbocycles. The lowest BCUT2D eigenvalue weighted by atomic mass is 9.85. The number of amides is 1. The number of aromatic amines is 1. The fraction of sp³-hybridized carbons (Fsp3) is 0.476. The van der Waals surface area contributed by atoms with Gasteiger partial charge in [0.15, 0.2) is 17.3 Å². The average molecular weight is 528 g/mol. The highest BCUT2D eigenvalue weighted by atomic mass is 19.4. The van der Waals surface area contributed by atoms with Crippen molar-refractivity contribution in [3.63, 3.8) is 0 Å². The topological polar surface area (TPSA) is 98.3 Å². The molecule has 0 unspecified atom stereocenters. The molecule has 1 amide bonds. The maximum absolute atomic E-state index is 13.9. The van der Waals surface area contributed by atoms with E-state index in [1.807, 2.05) is 0 Å². The smallest absolute Gasteiger partial charge is 0.475 e. The van der Waals surface area contributed by atoms with Crippen LogP contribution in [0.3, 0.4) is 0 Å². The molecule has 4 rings (SSSR count). The van der Waals surface area contributed by atoms with Crippen LogP contribution in [-0.4, -0.2) is 57.9 Å². The monoisotopic (exact) mass is 528 g/mol. The third kappa shape index (κ3) is 5.94. The van der Waals surface area contributed by atoms with Crippen LogP contribution < -0.4 is 5.32 Å². The van der Waals surface area contributed by atoms with Gasteiger partial charge in [-0.3, -0.25) is 9.89 Å². The molecule has 3 heterocycles. The molecular formula is C21H20F8N4O3. The molecule has 36 heavy (non-hydrogen) atoms. The standard InChI is InChI=1S/C19H19F5N4O.C2HF3O2/c20-13-2-1-11(15(16(13)21)19(22,23)24)10-4-7-28(8-5-10)18(29)17-12-3-6-25-9-14(12)26-27-17;3-2(4,5)1(6)7/h1-2,10,25H,3-9H2,(H,26,27);(H,6,7). The number of hydrogen-bond acceptors (Lipinski definition) is 4. The Bertz CT molecular complexity index is 1120. The Labute approximate surface area is 198 Å². The molecule has 0 atom stereocenters. The largest absolute Gasteiger partial charge is 0.490 e. The van der Waals surface area contributed by atoms with Gasteiger partial charge in [0.2, 0.25) is 0 Å². The van der Waals surface area contributed by atoms with E-state index in [9.17, 15) is 39.9 Å². The summed E-state index contributed by atoms with van der Waals surface area (Å²) in [6.45, 7) is 1.79. The van der Waals surface area contributed by atoms with Crippen LogP contribution in [0.5, 0.6) is 0 Å². The molecule has 0 saturated carbocycles. The van der Waals surface area contributed by atoms with Gasteiger partial charge in [0, 0.05) is 25.2 Å². The summed E-state index contributed by atoms with van der Waals surface area (Å²) in [5.74, 6) is -7.02. The van der Waals surface area contributed by atoms with Crippen LogP contribution >= 0.6 is 0 Å². The van der Waals surface area contributed by atoms with Crippen molar-refractivity contribution < 1.29 is 49.8 Å². The Balaban J connectivity index is 0.000000454. The van der Waals surface area contributed by atoms with Gasteiger partial charge >= 0.3 is 18.3 Å². The first-order valence-corrected chi connectivity index (χ1v) is 10.6. The van der Waals surface area contributed by atoms with E-state index in [0.29, 0.717) is 18.7 Å². The van der Waals surface area contributed by atoms with Crippen molar-refractivity contribution in [2.24, 2.45) is 0 Å². The van der Waals surface area contributed by atoms with Gasteiger partial charge in [0.25, 0.3) is 5.91 Å². The third-order valence-electron chi connectivity index (χ3n) is 5.88. The van der Waals surface area contributed by atoms with Crippen LogP contribution in [0.1, 0.15) is 51.6 Å². The quantitative estimate of drug-likeness (QED) is 0.512. The molecule has 0 radical (unpaired) electrons. The summed E-state index contributed by atoms with van der Waals surface area (Å²) in [6, 6.07) is 1.72. The summed E-state index contributed by atoms with van der Waals surface area (Å²) >= 11 is 0. The second-order valence-electron chi connectivity index (χ2n) is 8.15.